The first kappa shape index (κ1) is 11.3. The summed E-state index contributed by atoms with van der Waals surface area (Å²) in [6, 6.07) is 0. The van der Waals surface area contributed by atoms with Crippen LogP contribution in [0, 0.1) is 5.92 Å². The van der Waals surface area contributed by atoms with Crippen LogP contribution in [0.5, 0.6) is 0 Å². The van der Waals surface area contributed by atoms with Crippen LogP contribution in [0.25, 0.3) is 0 Å². The molecule has 3 N–H and O–H groups in total. The Morgan fingerprint density at radius 2 is 2.21 bits per heavy atom. The van der Waals surface area contributed by atoms with Crippen LogP contribution in [0.15, 0.2) is 0 Å². The van der Waals surface area contributed by atoms with E-state index in [1.807, 2.05) is 5.32 Å². The number of carbonyl (C=O) groups is 1. The molecule has 1 fully saturated rings. The Morgan fingerprint density at radius 1 is 1.57 bits per heavy atom. The zero-order chi connectivity index (χ0) is 10.8. The molecule has 0 aromatic heterocycles. The zero-order valence-electron chi connectivity index (χ0n) is 7.47. The molecular formula is C7H12F3N3O. The lowest BCUT2D eigenvalue weighted by Crippen LogP contribution is -2.39. The van der Waals surface area contributed by atoms with Crippen molar-refractivity contribution in [1.82, 2.24) is 10.3 Å². The van der Waals surface area contributed by atoms with Gasteiger partial charge in [0.05, 0.1) is 5.92 Å². The number of nitrogens with one attached hydrogen (secondary N) is 1. The highest BCUT2D eigenvalue weighted by Gasteiger charge is 2.31. The van der Waals surface area contributed by atoms with Crippen LogP contribution < -0.4 is 11.2 Å². The third-order valence-corrected chi connectivity index (χ3v) is 2.05. The second kappa shape index (κ2) is 4.14. The smallest absolute Gasteiger partial charge is 0.347 e. The molecule has 0 radical (unpaired) electrons. The van der Waals surface area contributed by atoms with Gasteiger partial charge in [-0.15, -0.1) is 0 Å². The molecule has 0 aliphatic carbocycles. The molecule has 1 unspecified atom stereocenters. The minimum Gasteiger partial charge on any atom is -0.347 e. The molecule has 4 nitrogen and oxygen atoms in total. The predicted molar refractivity (Wildman–Crippen MR) is 42.9 cm³/mol. The van der Waals surface area contributed by atoms with Crippen molar-refractivity contribution in [1.29, 1.82) is 0 Å². The number of carbonyl (C=O) groups excluding carboxylic acids is 1. The average molecular weight is 211 g/mol. The number of alkyl halides is 3. The maximum absolute atomic E-state index is 11.7. The molecule has 0 aromatic rings. The number of amides is 1. The van der Waals surface area contributed by atoms with Crippen LogP contribution in [-0.4, -0.2) is 36.7 Å². The van der Waals surface area contributed by atoms with Crippen molar-refractivity contribution in [3.8, 4) is 0 Å². The van der Waals surface area contributed by atoms with Gasteiger partial charge in [-0.3, -0.25) is 10.6 Å². The normalized spacial score (nSPS) is 23.9. The van der Waals surface area contributed by atoms with Crippen molar-refractivity contribution >= 4 is 5.91 Å². The highest BCUT2D eigenvalue weighted by Crippen LogP contribution is 2.15. The van der Waals surface area contributed by atoms with Crippen molar-refractivity contribution in [3.63, 3.8) is 0 Å². The first-order valence-corrected chi connectivity index (χ1v) is 4.22. The van der Waals surface area contributed by atoms with E-state index in [0.717, 1.165) is 0 Å². The third kappa shape index (κ3) is 3.51. The molecule has 82 valence electrons. The lowest BCUT2D eigenvalue weighted by Gasteiger charge is -2.12. The van der Waals surface area contributed by atoms with Gasteiger partial charge in [-0.1, -0.05) is 0 Å². The highest BCUT2D eigenvalue weighted by atomic mass is 19.4. The topological polar surface area (TPSA) is 58.4 Å². The fourth-order valence-corrected chi connectivity index (χ4v) is 1.33. The molecule has 14 heavy (non-hydrogen) atoms. The Bertz CT molecular complexity index is 219. The minimum atomic E-state index is -4.35. The van der Waals surface area contributed by atoms with E-state index in [1.165, 1.54) is 5.01 Å². The van der Waals surface area contributed by atoms with Gasteiger partial charge in [0.2, 0.25) is 5.91 Å². The SMILES string of the molecule is NN1CCC(C(=O)NCC(F)(F)F)C1. The summed E-state index contributed by atoms with van der Waals surface area (Å²) < 4.78 is 35.2. The van der Waals surface area contributed by atoms with E-state index in [0.29, 0.717) is 19.5 Å². The number of nitrogens with zero attached hydrogens (tertiary/aromatic N) is 1. The molecule has 0 spiro atoms. The van der Waals surface area contributed by atoms with Crippen LogP contribution in [-0.2, 0) is 4.79 Å². The van der Waals surface area contributed by atoms with Gasteiger partial charge >= 0.3 is 6.18 Å². The molecule has 1 amide bonds. The van der Waals surface area contributed by atoms with Crippen molar-refractivity contribution < 1.29 is 18.0 Å². The Hall–Kier alpha value is -0.820. The Kier molecular flexibility index (Phi) is 3.33. The van der Waals surface area contributed by atoms with Gasteiger partial charge in [-0.05, 0) is 6.42 Å². The fourth-order valence-electron chi connectivity index (χ4n) is 1.33. The van der Waals surface area contributed by atoms with Crippen molar-refractivity contribution in [2.75, 3.05) is 19.6 Å². The van der Waals surface area contributed by atoms with Gasteiger partial charge in [0.1, 0.15) is 6.54 Å². The average Bonchev–Trinajstić information content (AvgIpc) is 2.46. The summed E-state index contributed by atoms with van der Waals surface area (Å²) in [5, 5.41) is 3.27. The van der Waals surface area contributed by atoms with Crippen LogP contribution >= 0.6 is 0 Å². The van der Waals surface area contributed by atoms with Crippen LogP contribution in [0.3, 0.4) is 0 Å². The standard InChI is InChI=1S/C7H12F3N3O/c8-7(9,10)4-12-6(14)5-1-2-13(11)3-5/h5H,1-4,11H2,(H,12,14). The number of rotatable bonds is 2. The Labute approximate surface area is 79.2 Å². The van der Waals surface area contributed by atoms with Crippen molar-refractivity contribution in [2.24, 2.45) is 11.8 Å². The van der Waals surface area contributed by atoms with E-state index in [2.05, 4.69) is 0 Å². The number of hydrazine groups is 1. The predicted octanol–water partition coefficient (Wildman–Crippen LogP) is -0.140. The molecule has 1 aliphatic rings. The summed E-state index contributed by atoms with van der Waals surface area (Å²) in [7, 11) is 0. The highest BCUT2D eigenvalue weighted by molar-refractivity contribution is 5.79. The van der Waals surface area contributed by atoms with Gasteiger partial charge < -0.3 is 5.32 Å². The van der Waals surface area contributed by atoms with E-state index in [4.69, 9.17) is 5.84 Å². The Balaban J connectivity index is 2.29. The van der Waals surface area contributed by atoms with Crippen molar-refractivity contribution in [3.05, 3.63) is 0 Å². The van der Waals surface area contributed by atoms with Gasteiger partial charge in [0.15, 0.2) is 0 Å². The molecule has 0 aromatic carbocycles. The molecule has 0 bridgehead atoms. The molecule has 1 rings (SSSR count). The van der Waals surface area contributed by atoms with E-state index in [-0.39, 0.29) is 0 Å². The fraction of sp³-hybridized carbons (Fsp3) is 0.857. The molecule has 1 heterocycles. The van der Waals surface area contributed by atoms with E-state index < -0.39 is 24.5 Å². The monoisotopic (exact) mass is 211 g/mol. The molecule has 7 heteroatoms. The number of hydrogen-bond donors (Lipinski definition) is 2. The maximum Gasteiger partial charge on any atom is 0.405 e. The van der Waals surface area contributed by atoms with Gasteiger partial charge in [-0.2, -0.15) is 13.2 Å². The zero-order valence-corrected chi connectivity index (χ0v) is 7.47. The summed E-state index contributed by atoms with van der Waals surface area (Å²) >= 11 is 0. The third-order valence-electron chi connectivity index (χ3n) is 2.05. The van der Waals surface area contributed by atoms with Crippen LogP contribution in [0.2, 0.25) is 0 Å². The number of halogens is 3. The number of nitrogens with two attached hydrogens (primary N) is 1. The number of hydrogen-bond acceptors (Lipinski definition) is 3. The molecular weight excluding hydrogens is 199 g/mol. The lowest BCUT2D eigenvalue weighted by atomic mass is 10.1. The molecule has 1 aliphatic heterocycles. The molecule has 1 atom stereocenters. The lowest BCUT2D eigenvalue weighted by molar-refractivity contribution is -0.140. The summed E-state index contributed by atoms with van der Waals surface area (Å²) in [6.45, 7) is -0.402. The van der Waals surface area contributed by atoms with Crippen LogP contribution in [0.4, 0.5) is 13.2 Å². The second-order valence-corrected chi connectivity index (χ2v) is 3.31. The van der Waals surface area contributed by atoms with E-state index in [1.54, 1.807) is 0 Å². The summed E-state index contributed by atoms with van der Waals surface area (Å²) in [5.41, 5.74) is 0. The Morgan fingerprint density at radius 3 is 2.64 bits per heavy atom. The summed E-state index contributed by atoms with van der Waals surface area (Å²) in [4.78, 5) is 11.1. The van der Waals surface area contributed by atoms with Crippen LogP contribution in [0.1, 0.15) is 6.42 Å². The van der Waals surface area contributed by atoms with Gasteiger partial charge in [0.25, 0.3) is 0 Å². The van der Waals surface area contributed by atoms with Crippen molar-refractivity contribution in [2.45, 2.75) is 12.6 Å². The summed E-state index contributed by atoms with van der Waals surface area (Å²) in [6.07, 6.45) is -3.84. The quantitative estimate of drug-likeness (QED) is 0.625. The van der Waals surface area contributed by atoms with Gasteiger partial charge in [-0.25, -0.2) is 5.01 Å². The molecule has 1 saturated heterocycles. The minimum absolute atomic E-state index is 0.323. The second-order valence-electron chi connectivity index (χ2n) is 3.31. The first-order valence-electron chi connectivity index (χ1n) is 4.22. The largest absolute Gasteiger partial charge is 0.405 e. The van der Waals surface area contributed by atoms with E-state index in [9.17, 15) is 18.0 Å². The van der Waals surface area contributed by atoms with E-state index >= 15 is 0 Å². The first-order chi connectivity index (χ1) is 6.38. The maximum atomic E-state index is 11.7. The van der Waals surface area contributed by atoms with Gasteiger partial charge in [0, 0.05) is 13.1 Å². The summed E-state index contributed by atoms with van der Waals surface area (Å²) in [5.74, 6) is 4.39. The molecule has 0 saturated carbocycles.